The van der Waals surface area contributed by atoms with Gasteiger partial charge in [0.05, 0.1) is 12.0 Å². The van der Waals surface area contributed by atoms with E-state index in [1.165, 1.54) is 19.2 Å². The number of anilines is 1. The van der Waals surface area contributed by atoms with E-state index in [-0.39, 0.29) is 22.7 Å². The topological polar surface area (TPSA) is 81.5 Å². The highest BCUT2D eigenvalue weighted by molar-refractivity contribution is 5.95. The Morgan fingerprint density at radius 2 is 2.00 bits per heavy atom. The highest BCUT2D eigenvalue weighted by Crippen LogP contribution is 2.27. The number of nitro groups is 1. The van der Waals surface area contributed by atoms with Gasteiger partial charge in [-0.2, -0.15) is 0 Å². The van der Waals surface area contributed by atoms with E-state index < -0.39 is 10.9 Å². The zero-order valence-corrected chi connectivity index (χ0v) is 12.4. The molecule has 0 spiro atoms. The Morgan fingerprint density at radius 1 is 1.40 bits per heavy atom. The van der Waals surface area contributed by atoms with Crippen LogP contribution in [0.15, 0.2) is 18.2 Å². The van der Waals surface area contributed by atoms with Gasteiger partial charge in [-0.05, 0) is 24.5 Å². The molecule has 1 aromatic carbocycles. The molecule has 6 heteroatoms. The van der Waals surface area contributed by atoms with Crippen molar-refractivity contribution in [2.45, 2.75) is 33.7 Å². The maximum Gasteiger partial charge on any atom is 0.344 e. The Bertz CT molecular complexity index is 520. The molecule has 1 N–H and O–H groups in total. The van der Waals surface area contributed by atoms with Crippen molar-refractivity contribution >= 4 is 17.3 Å². The van der Waals surface area contributed by atoms with Crippen molar-refractivity contribution in [2.75, 3.05) is 12.4 Å². The molecule has 0 aliphatic heterocycles. The second-order valence-corrected chi connectivity index (χ2v) is 5.71. The maximum absolute atomic E-state index is 11.6. The summed E-state index contributed by atoms with van der Waals surface area (Å²) in [5.74, 6) is -0.719. The summed E-state index contributed by atoms with van der Waals surface area (Å²) in [6, 6.07) is 4.48. The maximum atomic E-state index is 11.6. The molecule has 110 valence electrons. The second kappa shape index (κ2) is 5.90. The Hall–Kier alpha value is -2.11. The summed E-state index contributed by atoms with van der Waals surface area (Å²) in [5.41, 5.74) is 0.362. The summed E-state index contributed by atoms with van der Waals surface area (Å²) < 4.78 is 4.58. The van der Waals surface area contributed by atoms with E-state index in [0.29, 0.717) is 5.69 Å². The van der Waals surface area contributed by atoms with Gasteiger partial charge >= 0.3 is 5.97 Å². The van der Waals surface area contributed by atoms with Crippen molar-refractivity contribution < 1.29 is 14.5 Å². The lowest BCUT2D eigenvalue weighted by Gasteiger charge is -2.29. The smallest absolute Gasteiger partial charge is 0.344 e. The molecule has 6 nitrogen and oxygen atoms in total. The molecule has 0 aromatic heterocycles. The third-order valence-electron chi connectivity index (χ3n) is 3.28. The number of nitrogens with zero attached hydrogens (tertiary/aromatic N) is 1. The van der Waals surface area contributed by atoms with Gasteiger partial charge in [0.1, 0.15) is 5.56 Å². The van der Waals surface area contributed by atoms with Gasteiger partial charge in [0, 0.05) is 17.8 Å². The number of esters is 1. The average molecular weight is 280 g/mol. The molecule has 0 saturated heterocycles. The van der Waals surface area contributed by atoms with Gasteiger partial charge in [-0.15, -0.1) is 0 Å². The number of benzene rings is 1. The number of carbonyl (C=O) groups excluding carboxylic acids is 1. The largest absolute Gasteiger partial charge is 0.465 e. The van der Waals surface area contributed by atoms with Crippen LogP contribution in [-0.2, 0) is 4.74 Å². The molecular formula is C14H20N2O4. The fraction of sp³-hybridized carbons (Fsp3) is 0.500. The number of nitrogens with one attached hydrogen (secondary N) is 1. The SMILES string of the molecule is COC(=O)c1cc(NC(C)C(C)(C)C)ccc1[N+](=O)[O-]. The number of ether oxygens (including phenoxy) is 1. The van der Waals surface area contributed by atoms with Crippen molar-refractivity contribution in [3.63, 3.8) is 0 Å². The predicted molar refractivity (Wildman–Crippen MR) is 77.0 cm³/mol. The first-order valence-electron chi connectivity index (χ1n) is 6.30. The van der Waals surface area contributed by atoms with Crippen LogP contribution >= 0.6 is 0 Å². The minimum Gasteiger partial charge on any atom is -0.465 e. The van der Waals surface area contributed by atoms with Crippen LogP contribution in [0.25, 0.3) is 0 Å². The Labute approximate surface area is 118 Å². The highest BCUT2D eigenvalue weighted by atomic mass is 16.6. The Kier molecular flexibility index (Phi) is 4.70. The number of hydrogen-bond donors (Lipinski definition) is 1. The van der Waals surface area contributed by atoms with E-state index in [9.17, 15) is 14.9 Å². The molecule has 0 radical (unpaired) electrons. The van der Waals surface area contributed by atoms with Crippen molar-refractivity contribution in [1.29, 1.82) is 0 Å². The van der Waals surface area contributed by atoms with Crippen LogP contribution in [-0.4, -0.2) is 24.0 Å². The van der Waals surface area contributed by atoms with Crippen LogP contribution in [0, 0.1) is 15.5 Å². The normalized spacial score (nSPS) is 12.7. The molecule has 1 aromatic rings. The summed E-state index contributed by atoms with van der Waals surface area (Å²) in [4.78, 5) is 21.9. The van der Waals surface area contributed by atoms with Crippen molar-refractivity contribution in [3.8, 4) is 0 Å². The fourth-order valence-electron chi connectivity index (χ4n) is 1.52. The van der Waals surface area contributed by atoms with Gasteiger partial charge in [0.25, 0.3) is 5.69 Å². The molecule has 1 unspecified atom stereocenters. The molecule has 0 aliphatic rings. The lowest BCUT2D eigenvalue weighted by molar-refractivity contribution is -0.385. The molecule has 0 bridgehead atoms. The van der Waals surface area contributed by atoms with Crippen LogP contribution in [0.2, 0.25) is 0 Å². The van der Waals surface area contributed by atoms with Gasteiger partial charge in [0.2, 0.25) is 0 Å². The monoisotopic (exact) mass is 280 g/mol. The number of nitro benzene ring substituents is 1. The zero-order chi connectivity index (χ0) is 15.5. The highest BCUT2D eigenvalue weighted by Gasteiger charge is 2.23. The standard InChI is InChI=1S/C14H20N2O4/c1-9(14(2,3)4)15-10-6-7-12(16(18)19)11(8-10)13(17)20-5/h6-9,15H,1-5H3. The summed E-state index contributed by atoms with van der Waals surface area (Å²) in [6.07, 6.45) is 0. The van der Waals surface area contributed by atoms with Crippen LogP contribution in [0.4, 0.5) is 11.4 Å². The van der Waals surface area contributed by atoms with E-state index in [4.69, 9.17) is 0 Å². The zero-order valence-electron chi connectivity index (χ0n) is 12.4. The van der Waals surface area contributed by atoms with Gasteiger partial charge < -0.3 is 10.1 Å². The van der Waals surface area contributed by atoms with E-state index >= 15 is 0 Å². The van der Waals surface area contributed by atoms with Crippen molar-refractivity contribution in [2.24, 2.45) is 5.41 Å². The van der Waals surface area contributed by atoms with Crippen LogP contribution < -0.4 is 5.32 Å². The van der Waals surface area contributed by atoms with Gasteiger partial charge in [-0.1, -0.05) is 20.8 Å². The molecular weight excluding hydrogens is 260 g/mol. The summed E-state index contributed by atoms with van der Waals surface area (Å²) >= 11 is 0. The predicted octanol–water partition coefficient (Wildman–Crippen LogP) is 3.23. The van der Waals surface area contributed by atoms with Crippen molar-refractivity contribution in [1.82, 2.24) is 0 Å². The van der Waals surface area contributed by atoms with Crippen LogP contribution in [0.3, 0.4) is 0 Å². The van der Waals surface area contributed by atoms with Gasteiger partial charge in [-0.3, -0.25) is 10.1 Å². The molecule has 0 fully saturated rings. The Balaban J connectivity index is 3.13. The number of rotatable bonds is 4. The second-order valence-electron chi connectivity index (χ2n) is 5.71. The summed E-state index contributed by atoms with van der Waals surface area (Å²) in [7, 11) is 1.20. The molecule has 20 heavy (non-hydrogen) atoms. The molecule has 0 saturated carbocycles. The van der Waals surface area contributed by atoms with E-state index in [2.05, 4.69) is 30.8 Å². The molecule has 0 aliphatic carbocycles. The van der Waals surface area contributed by atoms with E-state index in [0.717, 1.165) is 0 Å². The lowest BCUT2D eigenvalue weighted by Crippen LogP contribution is -2.30. The fourth-order valence-corrected chi connectivity index (χ4v) is 1.52. The van der Waals surface area contributed by atoms with Gasteiger partial charge in [-0.25, -0.2) is 4.79 Å². The minimum atomic E-state index is -0.719. The Morgan fingerprint density at radius 3 is 2.45 bits per heavy atom. The summed E-state index contributed by atoms with van der Waals surface area (Å²) in [6.45, 7) is 8.26. The minimum absolute atomic E-state index is 0.0210. The number of hydrogen-bond acceptors (Lipinski definition) is 5. The van der Waals surface area contributed by atoms with Gasteiger partial charge in [0.15, 0.2) is 0 Å². The van der Waals surface area contributed by atoms with Crippen LogP contribution in [0.5, 0.6) is 0 Å². The lowest BCUT2D eigenvalue weighted by atomic mass is 9.88. The quantitative estimate of drug-likeness (QED) is 0.520. The summed E-state index contributed by atoms with van der Waals surface area (Å²) in [5, 5.41) is 14.1. The number of carbonyl (C=O) groups is 1. The van der Waals surface area contributed by atoms with Crippen LogP contribution in [0.1, 0.15) is 38.1 Å². The van der Waals surface area contributed by atoms with E-state index in [1.807, 2.05) is 6.92 Å². The molecule has 0 heterocycles. The molecule has 1 atom stereocenters. The van der Waals surface area contributed by atoms with Crippen molar-refractivity contribution in [3.05, 3.63) is 33.9 Å². The molecule has 1 rings (SSSR count). The first-order chi connectivity index (χ1) is 9.16. The number of methoxy groups -OCH3 is 1. The third-order valence-corrected chi connectivity index (χ3v) is 3.28. The molecule has 0 amide bonds. The van der Waals surface area contributed by atoms with E-state index in [1.54, 1.807) is 6.07 Å². The first kappa shape index (κ1) is 15.9. The third kappa shape index (κ3) is 3.69. The average Bonchev–Trinajstić information content (AvgIpc) is 2.36. The first-order valence-corrected chi connectivity index (χ1v) is 6.30.